The van der Waals surface area contributed by atoms with E-state index in [0.29, 0.717) is 13.1 Å². The molecule has 0 aliphatic carbocycles. The summed E-state index contributed by atoms with van der Waals surface area (Å²) in [6.45, 7) is 9.37. The van der Waals surface area contributed by atoms with E-state index in [1.54, 1.807) is 25.7 Å². The van der Waals surface area contributed by atoms with Crippen LogP contribution in [0.4, 0.5) is 4.79 Å². The monoisotopic (exact) mass is 287 g/mol. The SMILES string of the molecule is CCN(CCCN(C)C)C(=O)NC(C(=O)O)C(C)(C)C. The molecule has 1 unspecified atom stereocenters. The Morgan fingerprint density at radius 2 is 1.75 bits per heavy atom. The first kappa shape index (κ1) is 18.7. The largest absolute Gasteiger partial charge is 0.480 e. The Labute approximate surface area is 122 Å². The van der Waals surface area contributed by atoms with Crippen LogP contribution in [0.15, 0.2) is 0 Å². The van der Waals surface area contributed by atoms with Gasteiger partial charge in [-0.2, -0.15) is 0 Å². The highest BCUT2D eigenvalue weighted by atomic mass is 16.4. The van der Waals surface area contributed by atoms with Crippen LogP contribution < -0.4 is 5.32 Å². The maximum absolute atomic E-state index is 12.1. The number of amides is 2. The Bertz CT molecular complexity index is 324. The number of nitrogens with one attached hydrogen (secondary N) is 1. The number of urea groups is 1. The summed E-state index contributed by atoms with van der Waals surface area (Å²) in [7, 11) is 3.97. The van der Waals surface area contributed by atoms with Gasteiger partial charge < -0.3 is 20.2 Å². The van der Waals surface area contributed by atoms with Crippen LogP contribution in [-0.4, -0.2) is 66.7 Å². The molecule has 0 bridgehead atoms. The van der Waals surface area contributed by atoms with E-state index in [-0.39, 0.29) is 6.03 Å². The summed E-state index contributed by atoms with van der Waals surface area (Å²) < 4.78 is 0. The van der Waals surface area contributed by atoms with Crippen molar-refractivity contribution in [2.75, 3.05) is 33.7 Å². The molecule has 1 atom stereocenters. The zero-order chi connectivity index (χ0) is 15.9. The number of carboxylic acids is 1. The fourth-order valence-electron chi connectivity index (χ4n) is 1.84. The average molecular weight is 287 g/mol. The van der Waals surface area contributed by atoms with Crippen LogP contribution in [0.5, 0.6) is 0 Å². The van der Waals surface area contributed by atoms with Crippen LogP contribution >= 0.6 is 0 Å². The minimum absolute atomic E-state index is 0.311. The molecule has 0 aromatic heterocycles. The van der Waals surface area contributed by atoms with E-state index in [1.807, 2.05) is 21.0 Å². The van der Waals surface area contributed by atoms with Crippen molar-refractivity contribution < 1.29 is 14.7 Å². The summed E-state index contributed by atoms with van der Waals surface area (Å²) in [5, 5.41) is 11.8. The molecular weight excluding hydrogens is 258 g/mol. The molecule has 6 heteroatoms. The van der Waals surface area contributed by atoms with Gasteiger partial charge in [-0.15, -0.1) is 0 Å². The van der Waals surface area contributed by atoms with Crippen LogP contribution in [0.3, 0.4) is 0 Å². The highest BCUT2D eigenvalue weighted by molar-refractivity contribution is 5.83. The molecule has 0 spiro atoms. The molecule has 0 saturated heterocycles. The lowest BCUT2D eigenvalue weighted by Crippen LogP contribution is -2.53. The van der Waals surface area contributed by atoms with Crippen LogP contribution in [0.1, 0.15) is 34.1 Å². The van der Waals surface area contributed by atoms with Crippen LogP contribution in [0, 0.1) is 5.41 Å². The molecule has 0 aromatic rings. The Balaban J connectivity index is 4.56. The summed E-state index contributed by atoms with van der Waals surface area (Å²) in [4.78, 5) is 27.1. The number of aliphatic carboxylic acids is 1. The topological polar surface area (TPSA) is 72.9 Å². The molecule has 20 heavy (non-hydrogen) atoms. The lowest BCUT2D eigenvalue weighted by atomic mass is 9.87. The van der Waals surface area contributed by atoms with Gasteiger partial charge in [0.05, 0.1) is 0 Å². The van der Waals surface area contributed by atoms with Gasteiger partial charge in [0.25, 0.3) is 0 Å². The summed E-state index contributed by atoms with van der Waals surface area (Å²) in [6.07, 6.45) is 0.863. The summed E-state index contributed by atoms with van der Waals surface area (Å²) >= 11 is 0. The smallest absolute Gasteiger partial charge is 0.326 e. The maximum atomic E-state index is 12.1. The van der Waals surface area contributed by atoms with Gasteiger partial charge in [-0.05, 0) is 39.4 Å². The fraction of sp³-hybridized carbons (Fsp3) is 0.857. The second kappa shape index (κ2) is 8.09. The first-order chi connectivity index (χ1) is 9.09. The van der Waals surface area contributed by atoms with Crippen molar-refractivity contribution in [2.24, 2.45) is 5.41 Å². The minimum atomic E-state index is -1.00. The van der Waals surface area contributed by atoms with Gasteiger partial charge in [-0.1, -0.05) is 20.8 Å². The number of nitrogens with zero attached hydrogens (tertiary/aromatic N) is 2. The Hall–Kier alpha value is -1.30. The molecule has 118 valence electrons. The lowest BCUT2D eigenvalue weighted by molar-refractivity contribution is -0.142. The van der Waals surface area contributed by atoms with Crippen LogP contribution in [0.25, 0.3) is 0 Å². The van der Waals surface area contributed by atoms with Gasteiger partial charge >= 0.3 is 12.0 Å². The summed E-state index contributed by atoms with van der Waals surface area (Å²) in [5.74, 6) is -1.00. The molecular formula is C14H29N3O3. The van der Waals surface area contributed by atoms with Gasteiger partial charge in [-0.3, -0.25) is 0 Å². The Kier molecular flexibility index (Phi) is 7.57. The number of carboxylic acid groups (broad SMARTS) is 1. The van der Waals surface area contributed by atoms with E-state index in [0.717, 1.165) is 13.0 Å². The molecule has 2 amide bonds. The predicted molar refractivity (Wildman–Crippen MR) is 79.8 cm³/mol. The van der Waals surface area contributed by atoms with Crippen molar-refractivity contribution in [3.8, 4) is 0 Å². The van der Waals surface area contributed by atoms with Crippen molar-refractivity contribution in [3.63, 3.8) is 0 Å². The third-order valence-corrected chi connectivity index (χ3v) is 3.08. The van der Waals surface area contributed by atoms with Crippen molar-refractivity contribution in [1.29, 1.82) is 0 Å². The Morgan fingerprint density at radius 1 is 1.20 bits per heavy atom. The standard InChI is InChI=1S/C14H29N3O3/c1-7-17(10-8-9-16(5)6)13(20)15-11(12(18)19)14(2,3)4/h11H,7-10H2,1-6H3,(H,15,20)(H,18,19). The molecule has 2 N–H and O–H groups in total. The second-order valence-corrected chi connectivity index (χ2v) is 6.32. The van der Waals surface area contributed by atoms with Crippen LogP contribution in [-0.2, 0) is 4.79 Å². The number of rotatable bonds is 7. The third-order valence-electron chi connectivity index (χ3n) is 3.08. The molecule has 0 aliphatic heterocycles. The molecule has 0 saturated carbocycles. The number of hydrogen-bond donors (Lipinski definition) is 2. The van der Waals surface area contributed by atoms with E-state index in [4.69, 9.17) is 0 Å². The lowest BCUT2D eigenvalue weighted by Gasteiger charge is -2.30. The quantitative estimate of drug-likeness (QED) is 0.743. The van der Waals surface area contributed by atoms with Gasteiger partial charge in [0.15, 0.2) is 0 Å². The van der Waals surface area contributed by atoms with Crippen molar-refractivity contribution in [2.45, 2.75) is 40.2 Å². The average Bonchev–Trinajstić information content (AvgIpc) is 2.29. The van der Waals surface area contributed by atoms with Gasteiger partial charge in [0, 0.05) is 13.1 Å². The molecule has 0 heterocycles. The first-order valence-electron chi connectivity index (χ1n) is 7.02. The van der Waals surface area contributed by atoms with E-state index in [2.05, 4.69) is 10.2 Å². The molecule has 0 radical (unpaired) electrons. The first-order valence-corrected chi connectivity index (χ1v) is 7.02. The normalized spacial score (nSPS) is 13.2. The highest BCUT2D eigenvalue weighted by Crippen LogP contribution is 2.19. The maximum Gasteiger partial charge on any atom is 0.326 e. The van der Waals surface area contributed by atoms with Crippen molar-refractivity contribution in [1.82, 2.24) is 15.1 Å². The van der Waals surface area contributed by atoms with Crippen molar-refractivity contribution in [3.05, 3.63) is 0 Å². The zero-order valence-electron chi connectivity index (χ0n) is 13.6. The van der Waals surface area contributed by atoms with Gasteiger partial charge in [-0.25, -0.2) is 9.59 Å². The molecule has 0 fully saturated rings. The molecule has 0 aliphatic rings. The van der Waals surface area contributed by atoms with E-state index in [1.165, 1.54) is 0 Å². The fourth-order valence-corrected chi connectivity index (χ4v) is 1.84. The minimum Gasteiger partial charge on any atom is -0.480 e. The second-order valence-electron chi connectivity index (χ2n) is 6.32. The molecule has 6 nitrogen and oxygen atoms in total. The molecule has 0 aromatic carbocycles. The van der Waals surface area contributed by atoms with E-state index >= 15 is 0 Å². The van der Waals surface area contributed by atoms with Crippen molar-refractivity contribution >= 4 is 12.0 Å². The summed E-state index contributed by atoms with van der Waals surface area (Å²) in [6, 6.07) is -1.20. The Morgan fingerprint density at radius 3 is 2.10 bits per heavy atom. The molecule has 0 rings (SSSR count). The predicted octanol–water partition coefficient (Wildman–Crippen LogP) is 1.47. The van der Waals surface area contributed by atoms with Gasteiger partial charge in [0.1, 0.15) is 6.04 Å². The zero-order valence-corrected chi connectivity index (χ0v) is 13.6. The number of carbonyl (C=O) groups excluding carboxylic acids is 1. The number of carbonyl (C=O) groups is 2. The van der Waals surface area contributed by atoms with E-state index < -0.39 is 17.4 Å². The van der Waals surface area contributed by atoms with Crippen LogP contribution in [0.2, 0.25) is 0 Å². The summed E-state index contributed by atoms with van der Waals surface area (Å²) in [5.41, 5.74) is -0.523. The van der Waals surface area contributed by atoms with E-state index in [9.17, 15) is 14.7 Å². The number of hydrogen-bond acceptors (Lipinski definition) is 3. The van der Waals surface area contributed by atoms with Gasteiger partial charge in [0.2, 0.25) is 0 Å². The third kappa shape index (κ3) is 6.75. The highest BCUT2D eigenvalue weighted by Gasteiger charge is 2.33.